The van der Waals surface area contributed by atoms with Crippen LogP contribution in [0.15, 0.2) is 12.2 Å². The van der Waals surface area contributed by atoms with Crippen molar-refractivity contribution in [2.45, 2.75) is 117 Å². The van der Waals surface area contributed by atoms with Gasteiger partial charge in [-0.25, -0.2) is 0 Å². The minimum Gasteiger partial charge on any atom is -0.378 e. The van der Waals surface area contributed by atoms with E-state index in [1.54, 1.807) is 5.92 Å². The molecule has 0 radical (unpaired) electrons. The molecule has 0 aliphatic heterocycles. The van der Waals surface area contributed by atoms with Crippen molar-refractivity contribution >= 4 is 14.5 Å². The Labute approximate surface area is 160 Å². The maximum Gasteiger partial charge on any atom is 0.197 e. The number of allylic oxidation sites excluding steroid dienone is 1. The fraction of sp³-hybridized carbons (Fsp3) is 0.864. The highest BCUT2D eigenvalue weighted by Crippen LogP contribution is 2.53. The highest BCUT2D eigenvalue weighted by Gasteiger charge is 2.51. The van der Waals surface area contributed by atoms with E-state index in [1.807, 2.05) is 0 Å². The van der Waals surface area contributed by atoms with Gasteiger partial charge in [-0.05, 0) is 43.2 Å². The zero-order valence-corrected chi connectivity index (χ0v) is 20.0. The summed E-state index contributed by atoms with van der Waals surface area (Å²) in [5.74, 6) is 2.99. The lowest BCUT2D eigenvalue weighted by molar-refractivity contribution is 0.138. The zero-order chi connectivity index (χ0) is 19.6. The molecule has 0 heterocycles. The fourth-order valence-electron chi connectivity index (χ4n) is 4.91. The van der Waals surface area contributed by atoms with Crippen molar-refractivity contribution in [2.24, 2.45) is 5.92 Å². The molecule has 1 aliphatic rings. The van der Waals surface area contributed by atoms with Crippen LogP contribution in [0, 0.1) is 11.8 Å². The molecule has 1 rings (SSSR count). The molecule has 0 spiro atoms. The second-order valence-electron chi connectivity index (χ2n) is 10.5. The summed E-state index contributed by atoms with van der Waals surface area (Å²) >= 11 is 0. The molecule has 3 atom stereocenters. The topological polar surface area (TPSA) is 9.23 Å². The summed E-state index contributed by atoms with van der Waals surface area (Å²) < 4.78 is 6.97. The van der Waals surface area contributed by atoms with Crippen molar-refractivity contribution < 1.29 is 4.43 Å². The second-order valence-corrected chi connectivity index (χ2v) is 15.3. The van der Waals surface area contributed by atoms with Crippen LogP contribution in [0.2, 0.25) is 42.9 Å². The van der Waals surface area contributed by atoms with Crippen LogP contribution < -0.4 is 0 Å². The minimum absolute atomic E-state index is 0.265. The Kier molecular flexibility index (Phi) is 7.56. The van der Waals surface area contributed by atoms with Crippen molar-refractivity contribution in [3.63, 3.8) is 0 Å². The van der Waals surface area contributed by atoms with E-state index in [4.69, 9.17) is 4.43 Å². The van der Waals surface area contributed by atoms with Crippen LogP contribution in [-0.2, 0) is 4.43 Å². The van der Waals surface area contributed by atoms with Crippen LogP contribution in [0.3, 0.4) is 0 Å². The van der Waals surface area contributed by atoms with Crippen molar-refractivity contribution in [2.75, 3.05) is 0 Å². The summed E-state index contributed by atoms with van der Waals surface area (Å²) in [5.41, 5.74) is 1.36. The van der Waals surface area contributed by atoms with Gasteiger partial charge in [0.2, 0.25) is 0 Å². The van der Waals surface area contributed by atoms with Crippen LogP contribution in [0.25, 0.3) is 0 Å². The molecule has 1 nitrogen and oxygen atoms in total. The average Bonchev–Trinajstić information content (AvgIpc) is 2.51. The lowest BCUT2D eigenvalue weighted by Gasteiger charge is -2.49. The molecule has 0 saturated heterocycles. The van der Waals surface area contributed by atoms with Gasteiger partial charge in [-0.15, -0.1) is 0 Å². The zero-order valence-electron chi connectivity index (χ0n) is 19.0. The lowest BCUT2D eigenvalue weighted by atomic mass is 9.12. The highest BCUT2D eigenvalue weighted by molar-refractivity contribution is 6.81. The Morgan fingerprint density at radius 1 is 1.12 bits per heavy atom. The smallest absolute Gasteiger partial charge is 0.197 e. The maximum atomic E-state index is 6.97. The third-order valence-electron chi connectivity index (χ3n) is 8.36. The number of rotatable bonds is 7. The normalized spacial score (nSPS) is 26.0. The van der Waals surface area contributed by atoms with E-state index >= 15 is 0 Å². The third-order valence-corrected chi connectivity index (χ3v) is 12.8. The SMILES string of the molecule is C=C(C)[C@@H]1C[C@H](O[Si](C)(C)C(C)(C)C)[C+](C)[C@H]([B-](CC)(CC)CC)C1. The quantitative estimate of drug-likeness (QED) is 0.254. The molecule has 0 aromatic heterocycles. The molecule has 0 bridgehead atoms. The van der Waals surface area contributed by atoms with E-state index in [0.29, 0.717) is 12.0 Å². The largest absolute Gasteiger partial charge is 0.378 e. The molecule has 0 amide bonds. The average molecular weight is 364 g/mol. The molecular formula is C22H45BOSi. The van der Waals surface area contributed by atoms with Gasteiger partial charge in [-0.3, -0.25) is 0 Å². The highest BCUT2D eigenvalue weighted by atomic mass is 28.4. The predicted molar refractivity (Wildman–Crippen MR) is 119 cm³/mol. The molecule has 0 aromatic rings. The van der Waals surface area contributed by atoms with Crippen molar-refractivity contribution in [1.82, 2.24) is 0 Å². The van der Waals surface area contributed by atoms with Crippen LogP contribution in [0.4, 0.5) is 0 Å². The van der Waals surface area contributed by atoms with Gasteiger partial charge in [0.05, 0.1) is 19.0 Å². The Morgan fingerprint density at radius 2 is 1.60 bits per heavy atom. The number of hydrogen-bond acceptors (Lipinski definition) is 1. The Hall–Kier alpha value is -0.148. The standard InChI is InChI=1S/C22H45BOSi/c1-12-23(13-2,14-3)20-15-19(17(4)5)16-21(18(20)6)24-25(10,11)22(7,8)9/h19-21H,4,12-16H2,1-3,5-11H3/t19-,20+,21-/m0/s1. The fourth-order valence-corrected chi connectivity index (χ4v) is 6.26. The summed E-state index contributed by atoms with van der Waals surface area (Å²) in [4.78, 5) is 0. The van der Waals surface area contributed by atoms with Crippen LogP contribution >= 0.6 is 0 Å². The first-order valence-electron chi connectivity index (χ1n) is 10.7. The molecule has 1 fully saturated rings. The first-order valence-corrected chi connectivity index (χ1v) is 13.6. The van der Waals surface area contributed by atoms with Gasteiger partial charge in [0, 0.05) is 6.42 Å². The molecule has 0 N–H and O–H groups in total. The summed E-state index contributed by atoms with van der Waals surface area (Å²) in [6.07, 6.45) is 6.40. The van der Waals surface area contributed by atoms with E-state index in [2.05, 4.69) is 75.1 Å². The second kappa shape index (κ2) is 8.25. The van der Waals surface area contributed by atoms with E-state index < -0.39 is 8.32 Å². The monoisotopic (exact) mass is 364 g/mol. The molecule has 25 heavy (non-hydrogen) atoms. The van der Waals surface area contributed by atoms with E-state index in [1.165, 1.54) is 31.0 Å². The molecular weight excluding hydrogens is 319 g/mol. The maximum absolute atomic E-state index is 6.97. The molecule has 0 aromatic carbocycles. The first-order chi connectivity index (χ1) is 11.3. The van der Waals surface area contributed by atoms with Gasteiger partial charge in [-0.1, -0.05) is 53.7 Å². The molecule has 146 valence electrons. The lowest BCUT2D eigenvalue weighted by Crippen LogP contribution is -2.51. The van der Waals surface area contributed by atoms with E-state index in [0.717, 1.165) is 12.2 Å². The van der Waals surface area contributed by atoms with Gasteiger partial charge < -0.3 is 4.43 Å². The van der Waals surface area contributed by atoms with Gasteiger partial charge in [0.15, 0.2) is 14.4 Å². The predicted octanol–water partition coefficient (Wildman–Crippen LogP) is 7.84. The Morgan fingerprint density at radius 3 is 1.96 bits per heavy atom. The first kappa shape index (κ1) is 22.9. The summed E-state index contributed by atoms with van der Waals surface area (Å²) in [6.45, 7) is 28.1. The third kappa shape index (κ3) is 4.77. The summed E-state index contributed by atoms with van der Waals surface area (Å²) in [6, 6.07) is 0. The van der Waals surface area contributed by atoms with Gasteiger partial charge in [0.25, 0.3) is 0 Å². The number of hydrogen-bond donors (Lipinski definition) is 0. The molecule has 1 saturated carbocycles. The van der Waals surface area contributed by atoms with E-state index in [-0.39, 0.29) is 11.2 Å². The Balaban J connectivity index is 3.19. The summed E-state index contributed by atoms with van der Waals surface area (Å²) in [7, 11) is -1.76. The molecule has 3 heteroatoms. The van der Waals surface area contributed by atoms with Crippen LogP contribution in [0.5, 0.6) is 0 Å². The van der Waals surface area contributed by atoms with Crippen molar-refractivity contribution in [3.8, 4) is 0 Å². The van der Waals surface area contributed by atoms with Gasteiger partial charge >= 0.3 is 0 Å². The molecule has 0 unspecified atom stereocenters. The minimum atomic E-state index is -1.76. The van der Waals surface area contributed by atoms with Crippen LogP contribution in [-0.4, -0.2) is 20.6 Å². The van der Waals surface area contributed by atoms with Crippen LogP contribution in [0.1, 0.15) is 68.2 Å². The Bertz CT molecular complexity index is 439. The summed E-state index contributed by atoms with van der Waals surface area (Å²) in [5, 5.41) is 0.265. The van der Waals surface area contributed by atoms with Gasteiger partial charge in [0.1, 0.15) is 0 Å². The van der Waals surface area contributed by atoms with Crippen molar-refractivity contribution in [1.29, 1.82) is 0 Å². The van der Waals surface area contributed by atoms with E-state index in [9.17, 15) is 0 Å². The van der Waals surface area contributed by atoms with Gasteiger partial charge in [-0.2, -0.15) is 19.0 Å². The molecule has 1 aliphatic carbocycles. The van der Waals surface area contributed by atoms with Crippen molar-refractivity contribution in [3.05, 3.63) is 18.1 Å².